The number of ether oxygens (including phenoxy) is 3. The minimum absolute atomic E-state index is 0. The molecule has 14 heteroatoms. The van der Waals surface area contributed by atoms with Gasteiger partial charge in [0.1, 0.15) is 11.5 Å². The number of methoxy groups -OCH3 is 3. The molecule has 37 heavy (non-hydrogen) atoms. The Morgan fingerprint density at radius 3 is 1.62 bits per heavy atom. The van der Waals surface area contributed by atoms with Gasteiger partial charge in [-0.05, 0) is 30.3 Å². The fourth-order valence-corrected chi connectivity index (χ4v) is 2.76. The molecular formula is C23H32Cl4N4O6. The predicted octanol–water partition coefficient (Wildman–Crippen LogP) is 6.49. The van der Waals surface area contributed by atoms with Crippen LogP contribution >= 0.6 is 47.2 Å². The Kier molecular flexibility index (Phi) is 22.2. The number of hydrazine groups is 1. The summed E-state index contributed by atoms with van der Waals surface area (Å²) >= 11 is 17.0. The van der Waals surface area contributed by atoms with Gasteiger partial charge in [-0.3, -0.25) is 16.0 Å². The van der Waals surface area contributed by atoms with Crippen LogP contribution in [0.5, 0.6) is 17.2 Å². The maximum atomic E-state index is 10.4. The highest BCUT2D eigenvalue weighted by molar-refractivity contribution is 6.31. The molecule has 208 valence electrons. The summed E-state index contributed by atoms with van der Waals surface area (Å²) in [5.74, 6) is 6.63. The second-order valence-electron chi connectivity index (χ2n) is 5.95. The van der Waals surface area contributed by atoms with Crippen molar-refractivity contribution in [3.05, 3.63) is 79.8 Å². The van der Waals surface area contributed by atoms with Gasteiger partial charge in [-0.2, -0.15) is 0 Å². The van der Waals surface area contributed by atoms with Gasteiger partial charge in [0.25, 0.3) is 0 Å². The Bertz CT molecular complexity index is 1080. The fraction of sp³-hybridized carbons (Fsp3) is 0.217. The van der Waals surface area contributed by atoms with E-state index in [1.807, 2.05) is 0 Å². The van der Waals surface area contributed by atoms with Gasteiger partial charge in [0, 0.05) is 46.4 Å². The lowest BCUT2D eigenvalue weighted by molar-refractivity contribution is -0.385. The quantitative estimate of drug-likeness (QED) is 0.111. The molecule has 6 N–H and O–H groups in total. The van der Waals surface area contributed by atoms with Crippen LogP contribution in [0.15, 0.2) is 54.6 Å². The molecule has 0 fully saturated rings. The number of nitrogen functional groups attached to an aromatic ring is 2. The fourth-order valence-electron chi connectivity index (χ4n) is 2.27. The Morgan fingerprint density at radius 1 is 0.811 bits per heavy atom. The molecule has 10 nitrogen and oxygen atoms in total. The number of nitrogens with one attached hydrogen (secondary N) is 1. The smallest absolute Gasteiger partial charge is 0.311 e. The summed E-state index contributed by atoms with van der Waals surface area (Å²) in [7, 11) is 5.48. The van der Waals surface area contributed by atoms with Gasteiger partial charge in [-0.1, -0.05) is 42.2 Å². The third-order valence-electron chi connectivity index (χ3n) is 3.85. The minimum Gasteiger partial charge on any atom is -0.495 e. The molecule has 0 atom stereocenters. The molecule has 0 unspecified atom stereocenters. The summed E-state index contributed by atoms with van der Waals surface area (Å²) in [4.78, 5) is 9.86. The molecule has 0 bridgehead atoms. The first-order valence-corrected chi connectivity index (χ1v) is 10.6. The number of nitro groups is 1. The summed E-state index contributed by atoms with van der Waals surface area (Å²) < 4.78 is 14.7. The number of anilines is 2. The van der Waals surface area contributed by atoms with Crippen LogP contribution in [-0.4, -0.2) is 38.5 Å². The molecule has 0 aliphatic heterocycles. The largest absolute Gasteiger partial charge is 0.495 e. The number of hydrogen-bond donors (Lipinski definition) is 4. The molecule has 0 aliphatic carbocycles. The number of hydrogen-bond acceptors (Lipinski definition) is 9. The van der Waals surface area contributed by atoms with Gasteiger partial charge in [0.2, 0.25) is 0 Å². The zero-order valence-corrected chi connectivity index (χ0v) is 22.9. The molecule has 3 aromatic rings. The molecule has 3 aromatic carbocycles. The van der Waals surface area contributed by atoms with E-state index in [-0.39, 0.29) is 31.3 Å². The van der Waals surface area contributed by atoms with Crippen molar-refractivity contribution in [1.82, 2.24) is 0 Å². The average Bonchev–Trinajstić information content (AvgIpc) is 2.87. The van der Waals surface area contributed by atoms with E-state index in [0.717, 1.165) is 12.8 Å². The summed E-state index contributed by atoms with van der Waals surface area (Å²) in [5, 5.41) is 19.0. The maximum Gasteiger partial charge on any atom is 0.311 e. The summed E-state index contributed by atoms with van der Waals surface area (Å²) in [6.45, 7) is 0. The van der Waals surface area contributed by atoms with E-state index < -0.39 is 4.92 Å². The second kappa shape index (κ2) is 21.2. The van der Waals surface area contributed by atoms with E-state index in [9.17, 15) is 10.1 Å². The summed E-state index contributed by atoms with van der Waals surface area (Å²) in [5.41, 5.74) is 9.25. The van der Waals surface area contributed by atoms with Crippen molar-refractivity contribution in [2.75, 3.05) is 39.6 Å². The van der Waals surface area contributed by atoms with Gasteiger partial charge in [0.15, 0.2) is 5.75 Å². The van der Waals surface area contributed by atoms with Crippen molar-refractivity contribution in [3.63, 3.8) is 0 Å². The van der Waals surface area contributed by atoms with Gasteiger partial charge in [-0.25, -0.2) is 0 Å². The molecule has 0 saturated carbocycles. The molecule has 0 amide bonds. The summed E-state index contributed by atoms with van der Waals surface area (Å²) in [6.07, 6.45) is 0. The van der Waals surface area contributed by atoms with Crippen molar-refractivity contribution in [2.45, 2.75) is 7.43 Å². The Hall–Kier alpha value is -2.86. The first kappa shape index (κ1) is 38.7. The maximum absolute atomic E-state index is 10.4. The molecule has 0 spiro atoms. The molecule has 0 aromatic heterocycles. The third kappa shape index (κ3) is 13.9. The number of benzene rings is 3. The first-order valence-electron chi connectivity index (χ1n) is 9.48. The van der Waals surface area contributed by atoms with Crippen LogP contribution < -0.4 is 31.2 Å². The Morgan fingerprint density at radius 2 is 1.22 bits per heavy atom. The van der Waals surface area contributed by atoms with Crippen LogP contribution in [0.4, 0.5) is 17.1 Å². The van der Waals surface area contributed by atoms with E-state index in [1.165, 1.54) is 25.3 Å². The van der Waals surface area contributed by atoms with E-state index in [4.69, 9.17) is 65.7 Å². The van der Waals surface area contributed by atoms with Crippen molar-refractivity contribution in [3.8, 4) is 17.2 Å². The van der Waals surface area contributed by atoms with Crippen LogP contribution in [-0.2, 0) is 0 Å². The van der Waals surface area contributed by atoms with Crippen molar-refractivity contribution >= 4 is 64.3 Å². The number of rotatable bonds is 5. The lowest BCUT2D eigenvalue weighted by Gasteiger charge is -2.06. The third-order valence-corrected chi connectivity index (χ3v) is 4.56. The minimum atomic E-state index is -0.519. The highest BCUT2D eigenvalue weighted by Gasteiger charge is 2.13. The van der Waals surface area contributed by atoms with E-state index >= 15 is 0 Å². The van der Waals surface area contributed by atoms with Crippen LogP contribution in [0.2, 0.25) is 15.1 Å². The second-order valence-corrected chi connectivity index (χ2v) is 7.26. The number of nitrogens with two attached hydrogens (primary N) is 2. The van der Waals surface area contributed by atoms with E-state index in [1.54, 1.807) is 50.6 Å². The number of halogens is 4. The van der Waals surface area contributed by atoms with Crippen molar-refractivity contribution < 1.29 is 24.2 Å². The van der Waals surface area contributed by atoms with E-state index in [0.29, 0.717) is 32.3 Å². The standard InChI is InChI=1S/C7H9ClN2O.C7H6ClNO3.C7H8ClNO.CH4O.CH4.ClH/c1-11-7-4-5(8)2-3-6(7)10-9;1-12-7-4-5(8)2-3-6(7)9(10)11;1-10-7-4-5(8)2-3-6(7)9;1-2;;/h2-4,10H,9H2,1H3;2-4H,1H3;2-4H,9H2,1H3;2H,1H3;1H4;1H. The highest BCUT2D eigenvalue weighted by atomic mass is 35.5. The number of nitro benzene ring substituents is 1. The van der Waals surface area contributed by atoms with Gasteiger partial charge in [0.05, 0.1) is 37.6 Å². The normalized spacial score (nSPS) is 8.57. The average molecular weight is 602 g/mol. The van der Waals surface area contributed by atoms with Gasteiger partial charge in [-0.15, -0.1) is 12.4 Å². The number of aliphatic hydroxyl groups excluding tert-OH is 1. The SMILES string of the molecule is C.CO.COc1cc(Cl)ccc1N.COc1cc(Cl)ccc1NN.COc1cc(Cl)ccc1[N+](=O)[O-].Cl. The molecular weight excluding hydrogens is 570 g/mol. The number of nitrogens with zero attached hydrogens (tertiary/aromatic N) is 1. The summed E-state index contributed by atoms with van der Waals surface area (Å²) in [6, 6.07) is 14.4. The highest BCUT2D eigenvalue weighted by Crippen LogP contribution is 2.29. The monoisotopic (exact) mass is 600 g/mol. The van der Waals surface area contributed by atoms with Gasteiger partial charge >= 0.3 is 5.69 Å². The number of aliphatic hydroxyl groups is 1. The Labute approximate surface area is 237 Å². The zero-order chi connectivity index (χ0) is 27.0. The lowest BCUT2D eigenvalue weighted by atomic mass is 10.3. The van der Waals surface area contributed by atoms with Crippen molar-refractivity contribution in [1.29, 1.82) is 0 Å². The Balaban J connectivity index is -0.000000443. The predicted molar refractivity (Wildman–Crippen MR) is 155 cm³/mol. The molecule has 0 aliphatic rings. The lowest BCUT2D eigenvalue weighted by Crippen LogP contribution is -2.07. The molecule has 0 saturated heterocycles. The zero-order valence-electron chi connectivity index (χ0n) is 19.8. The van der Waals surface area contributed by atoms with Crippen LogP contribution in [0.25, 0.3) is 0 Å². The van der Waals surface area contributed by atoms with E-state index in [2.05, 4.69) is 5.43 Å². The van der Waals surface area contributed by atoms with Crippen LogP contribution in [0.1, 0.15) is 7.43 Å². The molecule has 0 radical (unpaired) electrons. The van der Waals surface area contributed by atoms with Crippen LogP contribution in [0.3, 0.4) is 0 Å². The molecule has 0 heterocycles. The van der Waals surface area contributed by atoms with Gasteiger partial charge < -0.3 is 30.5 Å². The van der Waals surface area contributed by atoms with Crippen molar-refractivity contribution in [2.24, 2.45) is 5.84 Å². The topological polar surface area (TPSA) is 155 Å². The first-order chi connectivity index (χ1) is 16.7. The van der Waals surface area contributed by atoms with Crippen LogP contribution in [0, 0.1) is 10.1 Å². The molecule has 3 rings (SSSR count).